The molecule has 2 rings (SSSR count). The van der Waals surface area contributed by atoms with Gasteiger partial charge in [-0.15, -0.1) is 4.99 Å². The number of esters is 1. The van der Waals surface area contributed by atoms with Gasteiger partial charge in [-0.25, -0.2) is 19.3 Å². The van der Waals surface area contributed by atoms with Crippen molar-refractivity contribution in [3.05, 3.63) is 47.0 Å². The van der Waals surface area contributed by atoms with E-state index in [0.717, 1.165) is 24.1 Å². The van der Waals surface area contributed by atoms with Crippen molar-refractivity contribution in [2.24, 2.45) is 4.99 Å². The van der Waals surface area contributed by atoms with E-state index in [-0.39, 0.29) is 18.5 Å². The maximum Gasteiger partial charge on any atom is 0.437 e. The molecule has 1 aliphatic rings. The number of guanidine groups is 1. The van der Waals surface area contributed by atoms with Crippen molar-refractivity contribution in [2.45, 2.75) is 79.6 Å². The summed E-state index contributed by atoms with van der Waals surface area (Å²) in [6.07, 6.45) is 1.34. The van der Waals surface area contributed by atoms with Crippen molar-refractivity contribution in [1.82, 2.24) is 14.7 Å². The Morgan fingerprint density at radius 2 is 1.55 bits per heavy atom. The third-order valence-corrected chi connectivity index (χ3v) is 5.77. The van der Waals surface area contributed by atoms with Crippen molar-refractivity contribution in [3.63, 3.8) is 0 Å². The number of nitrogens with zero attached hydrogens (tertiary/aromatic N) is 4. The first kappa shape index (κ1) is 32.8. The van der Waals surface area contributed by atoms with Crippen molar-refractivity contribution < 1.29 is 28.6 Å². The fourth-order valence-corrected chi connectivity index (χ4v) is 3.95. The van der Waals surface area contributed by atoms with E-state index in [2.05, 4.69) is 9.89 Å². The van der Waals surface area contributed by atoms with E-state index < -0.39 is 23.4 Å². The highest BCUT2D eigenvalue weighted by atomic mass is 16.6. The van der Waals surface area contributed by atoms with Crippen LogP contribution in [0.2, 0.25) is 0 Å². The van der Waals surface area contributed by atoms with Crippen LogP contribution < -0.4 is 0 Å². The second kappa shape index (κ2) is 14.3. The monoisotopic (exact) mass is 558 g/mol. The van der Waals surface area contributed by atoms with Gasteiger partial charge >= 0.3 is 18.2 Å². The molecule has 0 radical (unpaired) electrons. The van der Waals surface area contributed by atoms with Crippen LogP contribution in [-0.4, -0.2) is 89.9 Å². The standard InChI is InChI=1S/C30H46N4O6/c1-22(2)15-18-34(28(37)40-30(6,7)8)26(31-27(36)39-29(3,4)5)33-17-10-16-32(19-20-33)21-23-11-13-24(14-12-23)25(35)38-9/h11-15H,10,16-21H2,1-9H3/b31-26+. The Morgan fingerprint density at radius 3 is 2.10 bits per heavy atom. The van der Waals surface area contributed by atoms with E-state index >= 15 is 0 Å². The van der Waals surface area contributed by atoms with Gasteiger partial charge in [-0.1, -0.05) is 23.8 Å². The first-order valence-electron chi connectivity index (χ1n) is 13.7. The Balaban J connectivity index is 2.32. The number of hydrogen-bond acceptors (Lipinski definition) is 7. The van der Waals surface area contributed by atoms with Crippen LogP contribution in [0.15, 0.2) is 40.9 Å². The van der Waals surface area contributed by atoms with Gasteiger partial charge in [0.15, 0.2) is 0 Å². The van der Waals surface area contributed by atoms with E-state index in [4.69, 9.17) is 14.2 Å². The smallest absolute Gasteiger partial charge is 0.437 e. The Morgan fingerprint density at radius 1 is 0.925 bits per heavy atom. The lowest BCUT2D eigenvalue weighted by atomic mass is 10.1. The van der Waals surface area contributed by atoms with Crippen molar-refractivity contribution in [2.75, 3.05) is 39.8 Å². The fraction of sp³-hybridized carbons (Fsp3) is 0.600. The summed E-state index contributed by atoms with van der Waals surface area (Å²) in [6.45, 7) is 18.1. The number of carbonyl (C=O) groups is 3. The zero-order valence-electron chi connectivity index (χ0n) is 25.6. The summed E-state index contributed by atoms with van der Waals surface area (Å²) in [5.41, 5.74) is 1.14. The summed E-state index contributed by atoms with van der Waals surface area (Å²) in [5, 5.41) is 0. The molecule has 10 nitrogen and oxygen atoms in total. The molecule has 1 fully saturated rings. The van der Waals surface area contributed by atoms with Gasteiger partial charge in [0, 0.05) is 32.7 Å². The molecule has 40 heavy (non-hydrogen) atoms. The normalized spacial score (nSPS) is 15.1. The van der Waals surface area contributed by atoms with E-state index in [1.165, 1.54) is 12.0 Å². The average Bonchev–Trinajstić information content (AvgIpc) is 3.06. The van der Waals surface area contributed by atoms with Crippen molar-refractivity contribution >= 4 is 24.1 Å². The molecular weight excluding hydrogens is 512 g/mol. The number of methoxy groups -OCH3 is 1. The molecule has 222 valence electrons. The molecule has 1 heterocycles. The summed E-state index contributed by atoms with van der Waals surface area (Å²) >= 11 is 0. The zero-order valence-corrected chi connectivity index (χ0v) is 25.6. The Bertz CT molecular complexity index is 1080. The predicted molar refractivity (Wildman–Crippen MR) is 155 cm³/mol. The zero-order chi connectivity index (χ0) is 30.1. The number of benzene rings is 1. The minimum atomic E-state index is -0.764. The molecule has 0 aromatic heterocycles. The largest absolute Gasteiger partial charge is 0.465 e. The summed E-state index contributed by atoms with van der Waals surface area (Å²) in [4.78, 5) is 48.0. The van der Waals surface area contributed by atoms with E-state index in [1.54, 1.807) is 53.7 Å². The number of ether oxygens (including phenoxy) is 3. The summed E-state index contributed by atoms with van der Waals surface area (Å²) in [7, 11) is 1.36. The number of allylic oxidation sites excluding steroid dienone is 1. The van der Waals surface area contributed by atoms with Gasteiger partial charge in [-0.3, -0.25) is 4.90 Å². The molecule has 0 saturated carbocycles. The first-order chi connectivity index (χ1) is 18.6. The number of amides is 2. The molecule has 0 spiro atoms. The molecule has 0 atom stereocenters. The van der Waals surface area contributed by atoms with Crippen LogP contribution >= 0.6 is 0 Å². The minimum Gasteiger partial charge on any atom is -0.465 e. The second-order valence-corrected chi connectivity index (χ2v) is 12.1. The van der Waals surface area contributed by atoms with Crippen LogP contribution in [0.25, 0.3) is 0 Å². The molecule has 10 heteroatoms. The highest BCUT2D eigenvalue weighted by molar-refractivity contribution is 5.99. The van der Waals surface area contributed by atoms with Crippen molar-refractivity contribution in [3.8, 4) is 0 Å². The number of aliphatic imine (C=N–C) groups is 1. The highest BCUT2D eigenvalue weighted by Gasteiger charge is 2.31. The van der Waals surface area contributed by atoms with Crippen molar-refractivity contribution in [1.29, 1.82) is 0 Å². The van der Waals surface area contributed by atoms with Crippen LogP contribution in [0.4, 0.5) is 9.59 Å². The summed E-state index contributed by atoms with van der Waals surface area (Å²) < 4.78 is 16.0. The highest BCUT2D eigenvalue weighted by Crippen LogP contribution is 2.17. The molecule has 0 aliphatic carbocycles. The van der Waals surface area contributed by atoms with Crippen LogP contribution in [-0.2, 0) is 20.8 Å². The summed E-state index contributed by atoms with van der Waals surface area (Å²) in [6, 6.07) is 7.37. The van der Waals surface area contributed by atoms with Gasteiger partial charge in [0.25, 0.3) is 0 Å². The average molecular weight is 559 g/mol. The van der Waals surface area contributed by atoms with Gasteiger partial charge in [0.05, 0.1) is 19.2 Å². The number of carbonyl (C=O) groups excluding carboxylic acids is 3. The molecule has 1 saturated heterocycles. The molecule has 1 aromatic carbocycles. The number of rotatable bonds is 5. The van der Waals surface area contributed by atoms with Crippen LogP contribution in [0, 0.1) is 0 Å². The topological polar surface area (TPSA) is 101 Å². The van der Waals surface area contributed by atoms with Crippen LogP contribution in [0.3, 0.4) is 0 Å². The van der Waals surface area contributed by atoms with Crippen LogP contribution in [0.5, 0.6) is 0 Å². The van der Waals surface area contributed by atoms with Gasteiger partial charge in [0.2, 0.25) is 5.96 Å². The Labute approximate surface area is 238 Å². The maximum absolute atomic E-state index is 13.4. The van der Waals surface area contributed by atoms with Gasteiger partial charge in [-0.05, 0) is 79.5 Å². The van der Waals surface area contributed by atoms with Gasteiger partial charge in [-0.2, -0.15) is 0 Å². The van der Waals surface area contributed by atoms with E-state index in [1.807, 2.05) is 37.0 Å². The Kier molecular flexibility index (Phi) is 11.7. The lowest BCUT2D eigenvalue weighted by molar-refractivity contribution is 0.0362. The third kappa shape index (κ3) is 11.4. The molecule has 1 aliphatic heterocycles. The molecule has 0 unspecified atom stereocenters. The van der Waals surface area contributed by atoms with E-state index in [9.17, 15) is 14.4 Å². The first-order valence-corrected chi connectivity index (χ1v) is 13.7. The summed E-state index contributed by atoms with van der Waals surface area (Å²) in [5.74, 6) is -0.151. The SMILES string of the molecule is COC(=O)c1ccc(CN2CCCN(/C(=N\C(=O)OC(C)(C)C)N(CC=C(C)C)C(=O)OC(C)(C)C)CC2)cc1. The quantitative estimate of drug-likeness (QED) is 0.154. The van der Waals surface area contributed by atoms with Gasteiger partial charge in [0.1, 0.15) is 11.2 Å². The molecule has 0 N–H and O–H groups in total. The predicted octanol–water partition coefficient (Wildman–Crippen LogP) is 5.48. The lowest BCUT2D eigenvalue weighted by Crippen LogP contribution is -2.50. The minimum absolute atomic E-state index is 0.200. The van der Waals surface area contributed by atoms with Crippen LogP contribution in [0.1, 0.15) is 77.7 Å². The second-order valence-electron chi connectivity index (χ2n) is 12.1. The maximum atomic E-state index is 13.4. The molecule has 0 bridgehead atoms. The van der Waals surface area contributed by atoms with E-state index in [0.29, 0.717) is 31.7 Å². The molecule has 2 amide bonds. The Hall–Kier alpha value is -3.40. The fourth-order valence-electron chi connectivity index (χ4n) is 3.95. The number of hydrogen-bond donors (Lipinski definition) is 0. The lowest BCUT2D eigenvalue weighted by Gasteiger charge is -2.33. The molecule has 1 aromatic rings. The third-order valence-electron chi connectivity index (χ3n) is 5.77. The van der Waals surface area contributed by atoms with Gasteiger partial charge < -0.3 is 19.1 Å². The molecular formula is C30H46N4O6.